The van der Waals surface area contributed by atoms with E-state index in [9.17, 15) is 4.79 Å². The Balaban J connectivity index is 1.30. The minimum absolute atomic E-state index is 0.212. The lowest BCUT2D eigenvalue weighted by atomic mass is 10.1. The van der Waals surface area contributed by atoms with E-state index in [2.05, 4.69) is 70.8 Å². The number of likely N-dealkylation sites (N-methyl/N-ethyl adjacent to an activating group) is 1. The van der Waals surface area contributed by atoms with Crippen LogP contribution in [-0.2, 0) is 13.0 Å². The highest BCUT2D eigenvalue weighted by molar-refractivity contribution is 6.04. The summed E-state index contributed by atoms with van der Waals surface area (Å²) in [5.74, 6) is 6.66. The zero-order valence-corrected chi connectivity index (χ0v) is 24.0. The number of nitrogens with zero attached hydrogens (tertiary/aromatic N) is 6. The largest absolute Gasteiger partial charge is 0.322 e. The van der Waals surface area contributed by atoms with Crippen molar-refractivity contribution in [1.29, 1.82) is 0 Å². The normalized spacial score (nSPS) is 14.3. The van der Waals surface area contributed by atoms with E-state index in [-0.39, 0.29) is 5.91 Å². The van der Waals surface area contributed by atoms with Crippen LogP contribution >= 0.6 is 0 Å². The van der Waals surface area contributed by atoms with Crippen molar-refractivity contribution in [3.05, 3.63) is 88.1 Å². The molecule has 3 aromatic heterocycles. The molecule has 1 aliphatic heterocycles. The molecule has 40 heavy (non-hydrogen) atoms. The number of carbonyl (C=O) groups excluding carboxylic acids is 1. The topological polar surface area (TPSA) is 78.7 Å². The van der Waals surface area contributed by atoms with Crippen molar-refractivity contribution < 1.29 is 4.79 Å². The molecule has 1 aromatic carbocycles. The van der Waals surface area contributed by atoms with Gasteiger partial charge in [-0.15, -0.1) is 0 Å². The summed E-state index contributed by atoms with van der Waals surface area (Å²) in [4.78, 5) is 26.8. The molecular formula is C32H37N7O. The number of imidazole rings is 1. The second-order valence-electron chi connectivity index (χ2n) is 11.1. The Morgan fingerprint density at radius 1 is 1.00 bits per heavy atom. The van der Waals surface area contributed by atoms with Gasteiger partial charge in [0.2, 0.25) is 0 Å². The summed E-state index contributed by atoms with van der Waals surface area (Å²) >= 11 is 0. The van der Waals surface area contributed by atoms with Gasteiger partial charge in [0.25, 0.3) is 5.91 Å². The van der Waals surface area contributed by atoms with Crippen molar-refractivity contribution in [2.75, 3.05) is 38.5 Å². The Labute approximate surface area is 236 Å². The summed E-state index contributed by atoms with van der Waals surface area (Å²) in [6.07, 6.45) is 4.21. The van der Waals surface area contributed by atoms with Crippen LogP contribution in [0.2, 0.25) is 0 Å². The van der Waals surface area contributed by atoms with Crippen molar-refractivity contribution in [1.82, 2.24) is 29.4 Å². The summed E-state index contributed by atoms with van der Waals surface area (Å²) in [5, 5.41) is 7.75. The number of hydrogen-bond acceptors (Lipinski definition) is 6. The van der Waals surface area contributed by atoms with E-state index in [0.717, 1.165) is 61.9 Å². The number of pyridine rings is 1. The molecular weight excluding hydrogens is 498 g/mol. The van der Waals surface area contributed by atoms with Crippen LogP contribution in [-0.4, -0.2) is 68.5 Å². The van der Waals surface area contributed by atoms with Gasteiger partial charge >= 0.3 is 0 Å². The maximum absolute atomic E-state index is 13.1. The number of nitrogens with one attached hydrogen (secondary N) is 1. The van der Waals surface area contributed by atoms with Gasteiger partial charge in [0.05, 0.1) is 23.1 Å². The van der Waals surface area contributed by atoms with Crippen molar-refractivity contribution in [3.8, 4) is 11.8 Å². The third-order valence-electron chi connectivity index (χ3n) is 7.30. The lowest BCUT2D eigenvalue weighted by Gasteiger charge is -2.32. The van der Waals surface area contributed by atoms with Crippen LogP contribution in [0.4, 0.5) is 5.69 Å². The predicted molar refractivity (Wildman–Crippen MR) is 158 cm³/mol. The molecule has 1 aliphatic rings. The smallest absolute Gasteiger partial charge is 0.257 e. The lowest BCUT2D eigenvalue weighted by Crippen LogP contribution is -2.43. The van der Waals surface area contributed by atoms with E-state index in [1.807, 2.05) is 31.2 Å². The van der Waals surface area contributed by atoms with E-state index in [1.54, 1.807) is 23.0 Å². The molecule has 0 bridgehead atoms. The highest BCUT2D eigenvalue weighted by Gasteiger charge is 2.15. The average Bonchev–Trinajstić information content (AvgIpc) is 3.32. The molecule has 206 valence electrons. The Hall–Kier alpha value is -4.06. The number of fused-ring (bicyclic) bond motifs is 1. The van der Waals surface area contributed by atoms with Crippen LogP contribution in [0.1, 0.15) is 58.0 Å². The molecule has 0 spiro atoms. The summed E-state index contributed by atoms with van der Waals surface area (Å²) in [5.41, 5.74) is 7.60. The standard InChI is InChI=1S/C32H37N7O/c1-22(2)16-29-9-11-31-34-20-30(39(31)36-29)10-7-25-18-27(19-33-24(25)4)32(40)35-28-8-6-26(23(3)17-28)21-38-14-12-37(5)13-15-38/h6,8-9,11,17-20,22H,12-16,21H2,1-5H3,(H,35,40). The van der Waals surface area contributed by atoms with Gasteiger partial charge in [0.15, 0.2) is 5.65 Å². The van der Waals surface area contributed by atoms with Crippen LogP contribution in [0.3, 0.4) is 0 Å². The molecule has 0 aliphatic carbocycles. The second kappa shape index (κ2) is 12.0. The van der Waals surface area contributed by atoms with E-state index in [0.29, 0.717) is 22.7 Å². The fourth-order valence-electron chi connectivity index (χ4n) is 4.84. The van der Waals surface area contributed by atoms with E-state index in [4.69, 9.17) is 5.10 Å². The number of aromatic nitrogens is 4. The van der Waals surface area contributed by atoms with Crippen molar-refractivity contribution >= 4 is 17.2 Å². The van der Waals surface area contributed by atoms with Crippen LogP contribution in [0.5, 0.6) is 0 Å². The van der Waals surface area contributed by atoms with Crippen LogP contribution < -0.4 is 5.32 Å². The van der Waals surface area contributed by atoms with Gasteiger partial charge in [-0.3, -0.25) is 14.7 Å². The van der Waals surface area contributed by atoms with E-state index < -0.39 is 0 Å². The first-order valence-corrected chi connectivity index (χ1v) is 13.9. The number of hydrogen-bond donors (Lipinski definition) is 1. The fraction of sp³-hybridized carbons (Fsp3) is 0.375. The third-order valence-corrected chi connectivity index (χ3v) is 7.30. The van der Waals surface area contributed by atoms with Gasteiger partial charge in [0, 0.05) is 50.2 Å². The number of benzene rings is 1. The van der Waals surface area contributed by atoms with Gasteiger partial charge < -0.3 is 10.2 Å². The Morgan fingerprint density at radius 3 is 2.55 bits per heavy atom. The Bertz CT molecular complexity index is 1590. The van der Waals surface area contributed by atoms with Crippen molar-refractivity contribution in [2.45, 2.75) is 40.7 Å². The second-order valence-corrected chi connectivity index (χ2v) is 11.1. The summed E-state index contributed by atoms with van der Waals surface area (Å²) < 4.78 is 1.78. The molecule has 5 rings (SSSR count). The number of aryl methyl sites for hydroxylation is 2. The van der Waals surface area contributed by atoms with Gasteiger partial charge in [-0.2, -0.15) is 5.10 Å². The van der Waals surface area contributed by atoms with E-state index >= 15 is 0 Å². The van der Waals surface area contributed by atoms with Gasteiger partial charge in [-0.1, -0.05) is 25.8 Å². The minimum atomic E-state index is -0.212. The molecule has 4 aromatic rings. The summed E-state index contributed by atoms with van der Waals surface area (Å²) in [7, 11) is 2.17. The highest BCUT2D eigenvalue weighted by Crippen LogP contribution is 2.19. The molecule has 0 radical (unpaired) electrons. The molecule has 0 unspecified atom stereocenters. The van der Waals surface area contributed by atoms with Crippen molar-refractivity contribution in [2.24, 2.45) is 5.92 Å². The number of carbonyl (C=O) groups is 1. The minimum Gasteiger partial charge on any atom is -0.322 e. The highest BCUT2D eigenvalue weighted by atomic mass is 16.1. The first kappa shape index (κ1) is 27.5. The van der Waals surface area contributed by atoms with Gasteiger partial charge in [-0.05, 0) is 80.6 Å². The molecule has 0 saturated carbocycles. The summed E-state index contributed by atoms with van der Waals surface area (Å²) in [6, 6.07) is 11.9. The molecule has 8 heteroatoms. The molecule has 1 amide bonds. The Morgan fingerprint density at radius 2 is 1.80 bits per heavy atom. The molecule has 1 fully saturated rings. The number of rotatable bonds is 6. The maximum atomic E-state index is 13.1. The van der Waals surface area contributed by atoms with Gasteiger partial charge in [0.1, 0.15) is 5.69 Å². The molecule has 4 heterocycles. The first-order chi connectivity index (χ1) is 19.2. The molecule has 8 nitrogen and oxygen atoms in total. The Kier molecular flexibility index (Phi) is 8.24. The monoisotopic (exact) mass is 535 g/mol. The van der Waals surface area contributed by atoms with E-state index in [1.165, 1.54) is 11.1 Å². The summed E-state index contributed by atoms with van der Waals surface area (Å²) in [6.45, 7) is 13.6. The van der Waals surface area contributed by atoms with Gasteiger partial charge in [-0.25, -0.2) is 9.50 Å². The number of amides is 1. The number of piperazine rings is 1. The lowest BCUT2D eigenvalue weighted by molar-refractivity contribution is 0.102. The van der Waals surface area contributed by atoms with Crippen LogP contribution in [0.25, 0.3) is 5.65 Å². The quantitative estimate of drug-likeness (QED) is 0.370. The number of anilines is 1. The first-order valence-electron chi connectivity index (χ1n) is 13.9. The van der Waals surface area contributed by atoms with Crippen LogP contribution in [0, 0.1) is 31.6 Å². The van der Waals surface area contributed by atoms with Crippen molar-refractivity contribution in [3.63, 3.8) is 0 Å². The third kappa shape index (κ3) is 6.56. The molecule has 1 saturated heterocycles. The fourth-order valence-corrected chi connectivity index (χ4v) is 4.84. The zero-order valence-electron chi connectivity index (χ0n) is 24.0. The van der Waals surface area contributed by atoms with Crippen LogP contribution in [0.15, 0.2) is 48.8 Å². The average molecular weight is 536 g/mol. The SMILES string of the molecule is Cc1cc(NC(=O)c2cnc(C)c(C#Cc3cnc4ccc(CC(C)C)nn34)c2)ccc1CN1CCN(C)CC1. The molecule has 1 N–H and O–H groups in total. The zero-order chi connectivity index (χ0) is 28.2. The molecule has 0 atom stereocenters. The maximum Gasteiger partial charge on any atom is 0.257 e. The predicted octanol–water partition coefficient (Wildman–Crippen LogP) is 4.34.